The van der Waals surface area contributed by atoms with Crippen molar-refractivity contribution < 1.29 is 14.0 Å². The van der Waals surface area contributed by atoms with Crippen LogP contribution >= 0.6 is 0 Å². The molecule has 0 atom stereocenters. The van der Waals surface area contributed by atoms with Gasteiger partial charge in [0.2, 0.25) is 11.8 Å². The molecule has 2 saturated heterocycles. The Hall–Kier alpha value is -2.11. The Labute approximate surface area is 148 Å². The van der Waals surface area contributed by atoms with E-state index >= 15 is 0 Å². The van der Waals surface area contributed by atoms with Crippen molar-refractivity contribution in [3.05, 3.63) is 30.1 Å². The van der Waals surface area contributed by atoms with Crippen LogP contribution in [0.15, 0.2) is 24.3 Å². The number of piperidine rings is 2. The molecule has 1 aromatic carbocycles. The largest absolute Gasteiger partial charge is 0.382 e. The molecule has 0 radical (unpaired) electrons. The van der Waals surface area contributed by atoms with E-state index < -0.39 is 0 Å². The highest BCUT2D eigenvalue weighted by atomic mass is 19.1. The van der Waals surface area contributed by atoms with Gasteiger partial charge in [0.05, 0.1) is 0 Å². The van der Waals surface area contributed by atoms with E-state index in [4.69, 9.17) is 0 Å². The first-order valence-electron chi connectivity index (χ1n) is 9.09. The highest BCUT2D eigenvalue weighted by molar-refractivity contribution is 5.80. The predicted octanol–water partition coefficient (Wildman–Crippen LogP) is 2.49. The Morgan fingerprint density at radius 1 is 0.960 bits per heavy atom. The SMILES string of the molecule is CC(=O)N1CCC(C(=O)N2CCC(Nc3ccc(F)cc3)CC2)CC1. The molecule has 2 amide bonds. The zero-order valence-electron chi connectivity index (χ0n) is 14.7. The summed E-state index contributed by atoms with van der Waals surface area (Å²) in [6.07, 6.45) is 3.34. The van der Waals surface area contributed by atoms with Crippen LogP contribution in [0.2, 0.25) is 0 Å². The quantitative estimate of drug-likeness (QED) is 0.914. The number of rotatable bonds is 3. The topological polar surface area (TPSA) is 52.7 Å². The number of amides is 2. The minimum absolute atomic E-state index is 0.0530. The highest BCUT2D eigenvalue weighted by Gasteiger charge is 2.31. The summed E-state index contributed by atoms with van der Waals surface area (Å²) < 4.78 is 13.0. The predicted molar refractivity (Wildman–Crippen MR) is 94.6 cm³/mol. The number of halogens is 1. The summed E-state index contributed by atoms with van der Waals surface area (Å²) in [7, 11) is 0. The fourth-order valence-corrected chi connectivity index (χ4v) is 3.73. The zero-order valence-corrected chi connectivity index (χ0v) is 14.7. The lowest BCUT2D eigenvalue weighted by Gasteiger charge is -2.37. The summed E-state index contributed by atoms with van der Waals surface area (Å²) in [4.78, 5) is 27.9. The molecule has 2 heterocycles. The molecule has 6 heteroatoms. The Morgan fingerprint density at radius 3 is 2.08 bits per heavy atom. The van der Waals surface area contributed by atoms with Gasteiger partial charge in [-0.2, -0.15) is 0 Å². The van der Waals surface area contributed by atoms with Crippen LogP contribution in [0, 0.1) is 11.7 Å². The van der Waals surface area contributed by atoms with Gasteiger partial charge in [-0.1, -0.05) is 0 Å². The van der Waals surface area contributed by atoms with Crippen molar-refractivity contribution in [1.82, 2.24) is 9.80 Å². The molecular formula is C19H26FN3O2. The number of benzene rings is 1. The number of carbonyl (C=O) groups excluding carboxylic acids is 2. The fraction of sp³-hybridized carbons (Fsp3) is 0.579. The fourth-order valence-electron chi connectivity index (χ4n) is 3.73. The normalized spacial score (nSPS) is 19.8. The van der Waals surface area contributed by atoms with Gasteiger partial charge in [0.15, 0.2) is 0 Å². The molecule has 0 unspecified atom stereocenters. The van der Waals surface area contributed by atoms with Crippen molar-refractivity contribution in [1.29, 1.82) is 0 Å². The van der Waals surface area contributed by atoms with Crippen molar-refractivity contribution in [2.45, 2.75) is 38.6 Å². The minimum Gasteiger partial charge on any atom is -0.382 e. The number of hydrogen-bond donors (Lipinski definition) is 1. The molecule has 3 rings (SSSR count). The first-order chi connectivity index (χ1) is 12.0. The van der Waals surface area contributed by atoms with Crippen molar-refractivity contribution in [3.63, 3.8) is 0 Å². The second-order valence-corrected chi connectivity index (χ2v) is 7.03. The lowest BCUT2D eigenvalue weighted by molar-refractivity contribution is -0.140. The van der Waals surface area contributed by atoms with Crippen LogP contribution in [0.3, 0.4) is 0 Å². The molecule has 2 aliphatic rings. The monoisotopic (exact) mass is 347 g/mol. The van der Waals surface area contributed by atoms with Crippen LogP contribution in [0.5, 0.6) is 0 Å². The number of anilines is 1. The van der Waals surface area contributed by atoms with Gasteiger partial charge in [0.25, 0.3) is 0 Å². The van der Waals surface area contributed by atoms with Gasteiger partial charge < -0.3 is 15.1 Å². The number of hydrogen-bond acceptors (Lipinski definition) is 3. The minimum atomic E-state index is -0.234. The molecule has 0 aliphatic carbocycles. The van der Waals surface area contributed by atoms with Crippen molar-refractivity contribution >= 4 is 17.5 Å². The zero-order chi connectivity index (χ0) is 17.8. The van der Waals surface area contributed by atoms with E-state index in [-0.39, 0.29) is 23.5 Å². The molecule has 1 aromatic rings. The Bertz CT molecular complexity index is 604. The third kappa shape index (κ3) is 4.50. The van der Waals surface area contributed by atoms with Crippen molar-refractivity contribution in [2.75, 3.05) is 31.5 Å². The summed E-state index contributed by atoms with van der Waals surface area (Å²) >= 11 is 0. The van der Waals surface area contributed by atoms with Gasteiger partial charge in [0.1, 0.15) is 5.82 Å². The van der Waals surface area contributed by atoms with E-state index in [1.165, 1.54) is 12.1 Å². The van der Waals surface area contributed by atoms with E-state index in [9.17, 15) is 14.0 Å². The third-order valence-electron chi connectivity index (χ3n) is 5.31. The van der Waals surface area contributed by atoms with Crippen molar-refractivity contribution in [2.24, 2.45) is 5.92 Å². The molecule has 2 fully saturated rings. The number of nitrogens with one attached hydrogen (secondary N) is 1. The standard InChI is InChI=1S/C19H26FN3O2/c1-14(24)22-10-6-15(7-11-22)19(25)23-12-8-18(9-13-23)21-17-4-2-16(20)3-5-17/h2-5,15,18,21H,6-13H2,1H3. The lowest BCUT2D eigenvalue weighted by Crippen LogP contribution is -2.47. The molecule has 5 nitrogen and oxygen atoms in total. The number of carbonyl (C=O) groups is 2. The van der Waals surface area contributed by atoms with Gasteiger partial charge in [-0.05, 0) is 49.9 Å². The molecule has 25 heavy (non-hydrogen) atoms. The van der Waals surface area contributed by atoms with Gasteiger partial charge in [-0.25, -0.2) is 4.39 Å². The molecule has 1 N–H and O–H groups in total. The van der Waals surface area contributed by atoms with Crippen LogP contribution in [-0.2, 0) is 9.59 Å². The second-order valence-electron chi connectivity index (χ2n) is 7.03. The first kappa shape index (κ1) is 17.7. The maximum atomic E-state index is 13.0. The summed E-state index contributed by atoms with van der Waals surface area (Å²) in [6, 6.07) is 6.71. The van der Waals surface area contributed by atoms with E-state index in [2.05, 4.69) is 5.32 Å². The van der Waals surface area contributed by atoms with Gasteiger partial charge in [-0.3, -0.25) is 9.59 Å². The Balaban J connectivity index is 1.45. The highest BCUT2D eigenvalue weighted by Crippen LogP contribution is 2.23. The molecule has 2 aliphatic heterocycles. The lowest BCUT2D eigenvalue weighted by atomic mass is 9.93. The second kappa shape index (κ2) is 7.85. The van der Waals surface area contributed by atoms with Crippen LogP contribution in [0.4, 0.5) is 10.1 Å². The number of likely N-dealkylation sites (tertiary alicyclic amines) is 2. The van der Waals surface area contributed by atoms with Crippen LogP contribution in [0.1, 0.15) is 32.6 Å². The van der Waals surface area contributed by atoms with Gasteiger partial charge in [0, 0.05) is 50.7 Å². The molecule has 0 bridgehead atoms. The summed E-state index contributed by atoms with van der Waals surface area (Å²) in [5, 5.41) is 3.42. The van der Waals surface area contributed by atoms with E-state index in [0.717, 1.165) is 44.5 Å². The van der Waals surface area contributed by atoms with Gasteiger partial charge in [-0.15, -0.1) is 0 Å². The average molecular weight is 347 g/mol. The van der Waals surface area contributed by atoms with Gasteiger partial charge >= 0.3 is 0 Å². The molecular weight excluding hydrogens is 321 g/mol. The Morgan fingerprint density at radius 2 is 1.52 bits per heavy atom. The smallest absolute Gasteiger partial charge is 0.225 e. The summed E-state index contributed by atoms with van der Waals surface area (Å²) in [5.41, 5.74) is 0.919. The number of nitrogens with zero attached hydrogens (tertiary/aromatic N) is 2. The first-order valence-corrected chi connectivity index (χ1v) is 9.09. The molecule has 0 aromatic heterocycles. The molecule has 0 spiro atoms. The maximum Gasteiger partial charge on any atom is 0.225 e. The van der Waals surface area contributed by atoms with E-state index in [1.54, 1.807) is 19.1 Å². The van der Waals surface area contributed by atoms with Crippen molar-refractivity contribution in [3.8, 4) is 0 Å². The van der Waals surface area contributed by atoms with E-state index in [1.807, 2.05) is 9.80 Å². The third-order valence-corrected chi connectivity index (χ3v) is 5.31. The van der Waals surface area contributed by atoms with Crippen LogP contribution in [0.25, 0.3) is 0 Å². The van der Waals surface area contributed by atoms with Crippen LogP contribution < -0.4 is 5.32 Å². The summed E-state index contributed by atoms with van der Waals surface area (Å²) in [5.74, 6) is 0.154. The Kier molecular flexibility index (Phi) is 5.56. The van der Waals surface area contributed by atoms with Crippen LogP contribution in [-0.4, -0.2) is 53.8 Å². The van der Waals surface area contributed by atoms with E-state index in [0.29, 0.717) is 19.1 Å². The average Bonchev–Trinajstić information content (AvgIpc) is 2.64. The maximum absolute atomic E-state index is 13.0. The molecule has 136 valence electrons. The molecule has 0 saturated carbocycles. The summed E-state index contributed by atoms with van der Waals surface area (Å²) in [6.45, 7) is 4.47.